The Balaban J connectivity index is 2.25. The Kier molecular flexibility index (Phi) is 4.22. The van der Waals surface area contributed by atoms with E-state index >= 15 is 0 Å². The lowest BCUT2D eigenvalue weighted by atomic mass is 10.1. The highest BCUT2D eigenvalue weighted by Gasteiger charge is 2.04. The van der Waals surface area contributed by atoms with Crippen LogP contribution in [0.4, 0.5) is 0 Å². The first-order chi connectivity index (χ1) is 6.75. The molecule has 2 N–H and O–H groups in total. The van der Waals surface area contributed by atoms with E-state index in [4.69, 9.17) is 5.21 Å². The van der Waals surface area contributed by atoms with Crippen LogP contribution in [0.1, 0.15) is 44.9 Å². The predicted octanol–water partition coefficient (Wildman–Crippen LogP) is 1.32. The summed E-state index contributed by atoms with van der Waals surface area (Å²) in [7, 11) is 0. The first kappa shape index (κ1) is 10.8. The zero-order valence-corrected chi connectivity index (χ0v) is 8.49. The number of H-pyrrole nitrogens is 1. The molecule has 0 radical (unpaired) electrons. The molecule has 0 amide bonds. The molecule has 0 unspecified atom stereocenters. The van der Waals surface area contributed by atoms with Crippen molar-refractivity contribution < 1.29 is 5.21 Å². The van der Waals surface area contributed by atoms with E-state index in [1.165, 1.54) is 19.3 Å². The van der Waals surface area contributed by atoms with Crippen LogP contribution in [0.3, 0.4) is 0 Å². The first-order valence-corrected chi connectivity index (χ1v) is 5.11. The summed E-state index contributed by atoms with van der Waals surface area (Å²) in [4.78, 5) is 10.8. The molecule has 0 saturated carbocycles. The molecule has 0 fully saturated rings. The molecule has 5 heteroatoms. The second-order valence-electron chi connectivity index (χ2n) is 3.42. The van der Waals surface area contributed by atoms with E-state index in [1.807, 2.05) is 0 Å². The molecule has 1 aromatic rings. The number of nitrogens with one attached hydrogen (secondary N) is 1. The van der Waals surface area contributed by atoms with Gasteiger partial charge in [0.15, 0.2) is 5.82 Å². The van der Waals surface area contributed by atoms with Gasteiger partial charge in [-0.15, -0.1) is 4.73 Å². The highest BCUT2D eigenvalue weighted by atomic mass is 16.5. The van der Waals surface area contributed by atoms with Gasteiger partial charge in [-0.25, -0.2) is 9.89 Å². The van der Waals surface area contributed by atoms with Gasteiger partial charge < -0.3 is 5.21 Å². The van der Waals surface area contributed by atoms with Crippen molar-refractivity contribution in [2.45, 2.75) is 45.4 Å². The van der Waals surface area contributed by atoms with Gasteiger partial charge >= 0.3 is 5.69 Å². The van der Waals surface area contributed by atoms with Crippen molar-refractivity contribution >= 4 is 0 Å². The second kappa shape index (κ2) is 5.47. The smallest absolute Gasteiger partial charge is 0.376 e. The van der Waals surface area contributed by atoms with Gasteiger partial charge in [0.05, 0.1) is 0 Å². The fraction of sp³-hybridized carbons (Fsp3) is 0.778. The van der Waals surface area contributed by atoms with Crippen molar-refractivity contribution in [3.05, 3.63) is 16.3 Å². The Bertz CT molecular complexity index is 316. The fourth-order valence-electron chi connectivity index (χ4n) is 1.37. The molecule has 0 bridgehead atoms. The summed E-state index contributed by atoms with van der Waals surface area (Å²) in [6.07, 6.45) is 6.40. The van der Waals surface area contributed by atoms with Crippen molar-refractivity contribution in [1.82, 2.24) is 14.9 Å². The van der Waals surface area contributed by atoms with Gasteiger partial charge in [0.25, 0.3) is 0 Å². The number of aromatic amines is 1. The molecule has 0 aliphatic carbocycles. The normalized spacial score (nSPS) is 10.6. The minimum atomic E-state index is -0.562. The van der Waals surface area contributed by atoms with Crippen LogP contribution in [0.15, 0.2) is 4.79 Å². The molecule has 0 aromatic carbocycles. The molecule has 80 valence electrons. The summed E-state index contributed by atoms with van der Waals surface area (Å²) in [6, 6.07) is 0. The van der Waals surface area contributed by atoms with Gasteiger partial charge in [0, 0.05) is 6.42 Å². The molecule has 1 heterocycles. The maximum absolute atomic E-state index is 10.8. The highest BCUT2D eigenvalue weighted by Crippen LogP contribution is 2.05. The minimum Gasteiger partial charge on any atom is -0.422 e. The summed E-state index contributed by atoms with van der Waals surface area (Å²) in [5.41, 5.74) is -0.562. The van der Waals surface area contributed by atoms with Crippen LogP contribution < -0.4 is 5.69 Å². The highest BCUT2D eigenvalue weighted by molar-refractivity contribution is 4.82. The van der Waals surface area contributed by atoms with Gasteiger partial charge in [-0.2, -0.15) is 5.10 Å². The van der Waals surface area contributed by atoms with Crippen LogP contribution in [0.25, 0.3) is 0 Å². The van der Waals surface area contributed by atoms with E-state index in [9.17, 15) is 4.79 Å². The van der Waals surface area contributed by atoms with E-state index in [1.54, 1.807) is 0 Å². The standard InChI is InChI=1S/C9H17N3O2/c1-2-3-4-5-6-7-8-10-11-9(13)12(8)14/h14H,2-7H2,1H3,(H,11,13). The summed E-state index contributed by atoms with van der Waals surface area (Å²) in [6.45, 7) is 2.17. The lowest BCUT2D eigenvalue weighted by Gasteiger charge is -1.98. The third-order valence-corrected chi connectivity index (χ3v) is 2.22. The Labute approximate surface area is 82.7 Å². The van der Waals surface area contributed by atoms with E-state index < -0.39 is 5.69 Å². The van der Waals surface area contributed by atoms with Crippen molar-refractivity contribution in [1.29, 1.82) is 0 Å². The SMILES string of the molecule is CCCCCCCc1n[nH]c(=O)n1O. The fourth-order valence-corrected chi connectivity index (χ4v) is 1.37. The zero-order valence-electron chi connectivity index (χ0n) is 8.49. The summed E-state index contributed by atoms with van der Waals surface area (Å²) >= 11 is 0. The van der Waals surface area contributed by atoms with Crippen LogP contribution in [0, 0.1) is 0 Å². The number of hydrogen-bond donors (Lipinski definition) is 2. The van der Waals surface area contributed by atoms with Crippen molar-refractivity contribution in [3.63, 3.8) is 0 Å². The average Bonchev–Trinajstić information content (AvgIpc) is 2.49. The molecular weight excluding hydrogens is 182 g/mol. The molecule has 0 aliphatic rings. The molecule has 14 heavy (non-hydrogen) atoms. The minimum absolute atomic E-state index is 0.423. The topological polar surface area (TPSA) is 70.9 Å². The number of hydrogen-bond acceptors (Lipinski definition) is 3. The van der Waals surface area contributed by atoms with Gasteiger partial charge in [-0.05, 0) is 6.42 Å². The number of aromatic nitrogens is 3. The number of nitrogens with zero attached hydrogens (tertiary/aromatic N) is 2. The van der Waals surface area contributed by atoms with E-state index in [0.29, 0.717) is 17.0 Å². The average molecular weight is 199 g/mol. The van der Waals surface area contributed by atoms with Gasteiger partial charge in [-0.1, -0.05) is 32.6 Å². The molecular formula is C9H17N3O2. The molecule has 0 spiro atoms. The molecule has 5 nitrogen and oxygen atoms in total. The number of rotatable bonds is 6. The van der Waals surface area contributed by atoms with Crippen molar-refractivity contribution in [3.8, 4) is 0 Å². The Morgan fingerprint density at radius 2 is 2.07 bits per heavy atom. The Morgan fingerprint density at radius 3 is 2.64 bits per heavy atom. The van der Waals surface area contributed by atoms with E-state index in [0.717, 1.165) is 12.8 Å². The maximum atomic E-state index is 10.8. The number of aryl methyl sites for hydroxylation is 1. The van der Waals surface area contributed by atoms with E-state index in [-0.39, 0.29) is 0 Å². The van der Waals surface area contributed by atoms with Crippen LogP contribution in [0.5, 0.6) is 0 Å². The van der Waals surface area contributed by atoms with Crippen molar-refractivity contribution in [2.24, 2.45) is 0 Å². The lowest BCUT2D eigenvalue weighted by molar-refractivity contribution is 0.165. The summed E-state index contributed by atoms with van der Waals surface area (Å²) in [5, 5.41) is 15.1. The second-order valence-corrected chi connectivity index (χ2v) is 3.42. The van der Waals surface area contributed by atoms with Crippen molar-refractivity contribution in [2.75, 3.05) is 0 Å². The zero-order chi connectivity index (χ0) is 10.4. The molecule has 1 rings (SSSR count). The largest absolute Gasteiger partial charge is 0.422 e. The van der Waals surface area contributed by atoms with Crippen LogP contribution >= 0.6 is 0 Å². The third kappa shape index (κ3) is 2.90. The first-order valence-electron chi connectivity index (χ1n) is 5.11. The summed E-state index contributed by atoms with van der Waals surface area (Å²) < 4.78 is 0.583. The third-order valence-electron chi connectivity index (χ3n) is 2.22. The predicted molar refractivity (Wildman–Crippen MR) is 52.5 cm³/mol. The van der Waals surface area contributed by atoms with Gasteiger partial charge in [0.1, 0.15) is 0 Å². The van der Waals surface area contributed by atoms with Gasteiger partial charge in [-0.3, -0.25) is 0 Å². The lowest BCUT2D eigenvalue weighted by Crippen LogP contribution is -2.15. The van der Waals surface area contributed by atoms with Crippen LogP contribution in [-0.2, 0) is 6.42 Å². The van der Waals surface area contributed by atoms with Crippen LogP contribution in [0.2, 0.25) is 0 Å². The number of unbranched alkanes of at least 4 members (excludes halogenated alkanes) is 4. The molecule has 1 aromatic heterocycles. The monoisotopic (exact) mass is 199 g/mol. The van der Waals surface area contributed by atoms with E-state index in [2.05, 4.69) is 17.1 Å². The summed E-state index contributed by atoms with van der Waals surface area (Å²) in [5.74, 6) is 0.423. The molecule has 0 saturated heterocycles. The molecule has 0 aliphatic heterocycles. The van der Waals surface area contributed by atoms with Crippen LogP contribution in [-0.4, -0.2) is 20.1 Å². The quantitative estimate of drug-likeness (QED) is 0.536. The Morgan fingerprint density at radius 1 is 1.36 bits per heavy atom. The van der Waals surface area contributed by atoms with Gasteiger partial charge in [0.2, 0.25) is 0 Å². The Hall–Kier alpha value is -1.26. The maximum Gasteiger partial charge on any atom is 0.376 e. The molecule has 0 atom stereocenters.